The molecule has 0 aliphatic rings. The van der Waals surface area contributed by atoms with Gasteiger partial charge < -0.3 is 14.0 Å². The van der Waals surface area contributed by atoms with Crippen molar-refractivity contribution >= 4 is 17.0 Å². The van der Waals surface area contributed by atoms with E-state index in [-0.39, 0.29) is 59.8 Å². The first-order chi connectivity index (χ1) is 20.8. The summed E-state index contributed by atoms with van der Waals surface area (Å²) < 4.78 is 57.0. The van der Waals surface area contributed by atoms with Gasteiger partial charge in [0.05, 0.1) is 53.5 Å². The van der Waals surface area contributed by atoms with Gasteiger partial charge in [-0.3, -0.25) is 0 Å². The Morgan fingerprint density at radius 3 is 2.49 bits per heavy atom. The van der Waals surface area contributed by atoms with Crippen LogP contribution in [0.2, 0.25) is 0 Å². The maximum atomic E-state index is 15.4. The Labute approximate surface area is 244 Å². The van der Waals surface area contributed by atoms with Crippen LogP contribution in [0, 0.1) is 40.1 Å². The lowest BCUT2D eigenvalue weighted by molar-refractivity contribution is 0.0601. The van der Waals surface area contributed by atoms with Gasteiger partial charge >= 0.3 is 5.97 Å². The van der Waals surface area contributed by atoms with Crippen LogP contribution in [0.1, 0.15) is 39.3 Å². The molecule has 5 aromatic rings. The van der Waals surface area contributed by atoms with Crippen LogP contribution in [-0.2, 0) is 24.3 Å². The third kappa shape index (κ3) is 6.16. The van der Waals surface area contributed by atoms with Gasteiger partial charge in [-0.15, -0.1) is 0 Å². The number of methoxy groups -OCH3 is 1. The lowest BCUT2D eigenvalue weighted by atomic mass is 10.0. The van der Waals surface area contributed by atoms with E-state index in [2.05, 4.69) is 16.0 Å². The second-order valence-electron chi connectivity index (χ2n) is 9.45. The number of aryl methyl sites for hydroxylation is 1. The van der Waals surface area contributed by atoms with Crippen molar-refractivity contribution in [3.8, 4) is 29.3 Å². The highest BCUT2D eigenvalue weighted by atomic mass is 19.1. The number of aromatic nitrogens is 3. The van der Waals surface area contributed by atoms with Gasteiger partial charge in [-0.25, -0.2) is 27.9 Å². The van der Waals surface area contributed by atoms with E-state index < -0.39 is 23.4 Å². The number of hydrogen-bond acceptors (Lipinski definition) is 7. The van der Waals surface area contributed by atoms with Crippen molar-refractivity contribution in [3.05, 3.63) is 112 Å². The number of rotatable bonds is 9. The zero-order valence-electron chi connectivity index (χ0n) is 22.8. The Bertz CT molecular complexity index is 1940. The van der Waals surface area contributed by atoms with Crippen molar-refractivity contribution in [2.24, 2.45) is 0 Å². The largest absolute Gasteiger partial charge is 0.473 e. The molecule has 0 saturated carbocycles. The maximum absolute atomic E-state index is 15.4. The summed E-state index contributed by atoms with van der Waals surface area (Å²) in [6, 6.07) is 19.3. The molecule has 214 valence electrons. The number of carbonyl (C=O) groups excluding carboxylic acids is 1. The van der Waals surface area contributed by atoms with Crippen LogP contribution in [0.25, 0.3) is 22.3 Å². The first kappa shape index (κ1) is 28.8. The van der Waals surface area contributed by atoms with Crippen molar-refractivity contribution in [3.63, 3.8) is 0 Å². The van der Waals surface area contributed by atoms with Crippen molar-refractivity contribution in [2.75, 3.05) is 7.11 Å². The smallest absolute Gasteiger partial charge is 0.337 e. The molecule has 5 rings (SSSR count). The molecule has 2 aromatic heterocycles. The maximum Gasteiger partial charge on any atom is 0.337 e. The summed E-state index contributed by atoms with van der Waals surface area (Å²) in [4.78, 5) is 20.8. The van der Waals surface area contributed by atoms with E-state index in [1.165, 1.54) is 31.4 Å². The second kappa shape index (κ2) is 12.5. The van der Waals surface area contributed by atoms with Gasteiger partial charge in [0.2, 0.25) is 5.88 Å². The molecule has 0 radical (unpaired) electrons. The Morgan fingerprint density at radius 1 is 0.930 bits per heavy atom. The normalized spacial score (nSPS) is 10.7. The number of fused-ring (bicyclic) bond motifs is 1. The SMILES string of the molecule is COC(=O)c1ccc2nc(Cc3cc(F)c(-c4cccc(OCc5ccc(C#N)cc5F)n4)cc3F)n(CCC#N)c2c1. The minimum absolute atomic E-state index is 0.0339. The standard InChI is InChI=1S/C32H22F3N5O3/c1-42-32(41)20-8-9-28-29(14-20)40(11-3-10-36)30(38-28)15-22-13-26(35)23(16-25(22)34)27-4-2-5-31(39-27)43-18-21-7-6-19(17-37)12-24(21)33/h2,4-9,12-14,16H,3,11,15,18H2,1H3. The summed E-state index contributed by atoms with van der Waals surface area (Å²) in [5.41, 5.74) is 1.81. The number of benzene rings is 3. The van der Waals surface area contributed by atoms with Crippen LogP contribution in [0.15, 0.2) is 66.7 Å². The van der Waals surface area contributed by atoms with Gasteiger partial charge in [0.25, 0.3) is 0 Å². The molecule has 11 heteroatoms. The molecule has 8 nitrogen and oxygen atoms in total. The highest BCUT2D eigenvalue weighted by molar-refractivity contribution is 5.93. The lowest BCUT2D eigenvalue weighted by Crippen LogP contribution is -2.07. The summed E-state index contributed by atoms with van der Waals surface area (Å²) in [5.74, 6) is -2.11. The highest BCUT2D eigenvalue weighted by Gasteiger charge is 2.19. The Balaban J connectivity index is 1.41. The van der Waals surface area contributed by atoms with E-state index in [0.29, 0.717) is 22.4 Å². The molecule has 0 fully saturated rings. The minimum atomic E-state index is -0.730. The fourth-order valence-electron chi connectivity index (χ4n) is 4.58. The van der Waals surface area contributed by atoms with E-state index in [1.807, 2.05) is 6.07 Å². The molecule has 0 saturated heterocycles. The summed E-state index contributed by atoms with van der Waals surface area (Å²) >= 11 is 0. The van der Waals surface area contributed by atoms with Gasteiger partial charge in [-0.2, -0.15) is 10.5 Å². The van der Waals surface area contributed by atoms with Crippen LogP contribution < -0.4 is 4.74 Å². The molecule has 0 unspecified atom stereocenters. The molecule has 0 bridgehead atoms. The van der Waals surface area contributed by atoms with Gasteiger partial charge in [0.15, 0.2) is 0 Å². The average Bonchev–Trinajstić information content (AvgIpc) is 3.36. The number of imidazole rings is 1. The Morgan fingerprint density at radius 2 is 1.74 bits per heavy atom. The third-order valence-corrected chi connectivity index (χ3v) is 6.74. The van der Waals surface area contributed by atoms with Gasteiger partial charge in [-0.05, 0) is 54.1 Å². The Kier molecular flexibility index (Phi) is 8.35. The van der Waals surface area contributed by atoms with Crippen LogP contribution in [-0.4, -0.2) is 27.6 Å². The van der Waals surface area contributed by atoms with Crippen molar-refractivity contribution in [1.82, 2.24) is 14.5 Å². The predicted octanol–water partition coefficient (Wildman–Crippen LogP) is 6.26. The monoisotopic (exact) mass is 581 g/mol. The van der Waals surface area contributed by atoms with E-state index in [9.17, 15) is 9.18 Å². The average molecular weight is 582 g/mol. The number of nitriles is 2. The molecule has 0 amide bonds. The number of hydrogen-bond donors (Lipinski definition) is 0. The lowest BCUT2D eigenvalue weighted by Gasteiger charge is -2.11. The van der Waals surface area contributed by atoms with E-state index in [0.717, 1.165) is 18.2 Å². The van der Waals surface area contributed by atoms with Crippen molar-refractivity contribution in [1.29, 1.82) is 10.5 Å². The van der Waals surface area contributed by atoms with Crippen LogP contribution in [0.5, 0.6) is 5.88 Å². The van der Waals surface area contributed by atoms with Gasteiger partial charge in [0.1, 0.15) is 29.9 Å². The number of nitrogens with zero attached hydrogens (tertiary/aromatic N) is 5. The summed E-state index contributed by atoms with van der Waals surface area (Å²) in [6.07, 6.45) is 0.0576. The third-order valence-electron chi connectivity index (χ3n) is 6.74. The topological polar surface area (TPSA) is 114 Å². The molecular formula is C32H22F3N5O3. The van der Waals surface area contributed by atoms with E-state index in [1.54, 1.807) is 28.8 Å². The number of carbonyl (C=O) groups is 1. The second-order valence-corrected chi connectivity index (χ2v) is 9.45. The fraction of sp³-hybridized carbons (Fsp3) is 0.156. The van der Waals surface area contributed by atoms with Crippen LogP contribution >= 0.6 is 0 Å². The molecule has 0 aliphatic carbocycles. The highest BCUT2D eigenvalue weighted by Crippen LogP contribution is 2.28. The van der Waals surface area contributed by atoms with Crippen LogP contribution in [0.3, 0.4) is 0 Å². The molecule has 2 heterocycles. The molecule has 0 spiro atoms. The fourth-order valence-corrected chi connectivity index (χ4v) is 4.58. The summed E-state index contributed by atoms with van der Waals surface area (Å²) in [6.45, 7) is 0.0515. The molecule has 0 aliphatic heterocycles. The van der Waals surface area contributed by atoms with Crippen molar-refractivity contribution in [2.45, 2.75) is 26.0 Å². The summed E-state index contributed by atoms with van der Waals surface area (Å²) in [7, 11) is 1.27. The first-order valence-corrected chi connectivity index (χ1v) is 13.0. The molecule has 0 atom stereocenters. The quantitative estimate of drug-likeness (QED) is 0.189. The zero-order chi connectivity index (χ0) is 30.5. The number of esters is 1. The van der Waals surface area contributed by atoms with E-state index >= 15 is 8.78 Å². The summed E-state index contributed by atoms with van der Waals surface area (Å²) in [5, 5.41) is 18.0. The number of pyridine rings is 1. The zero-order valence-corrected chi connectivity index (χ0v) is 22.8. The van der Waals surface area contributed by atoms with Gasteiger partial charge in [-0.1, -0.05) is 12.1 Å². The van der Waals surface area contributed by atoms with Crippen molar-refractivity contribution < 1.29 is 27.4 Å². The van der Waals surface area contributed by atoms with E-state index in [4.69, 9.17) is 20.0 Å². The van der Waals surface area contributed by atoms with Crippen LogP contribution in [0.4, 0.5) is 13.2 Å². The Hall–Kier alpha value is -5.68. The molecular weight excluding hydrogens is 559 g/mol. The number of halogens is 3. The minimum Gasteiger partial charge on any atom is -0.473 e. The molecule has 3 aromatic carbocycles. The molecule has 43 heavy (non-hydrogen) atoms. The molecule has 0 N–H and O–H groups in total. The predicted molar refractivity (Wildman–Crippen MR) is 149 cm³/mol. The van der Waals surface area contributed by atoms with Gasteiger partial charge in [0, 0.05) is 30.2 Å². The first-order valence-electron chi connectivity index (χ1n) is 13.0. The number of ether oxygens (including phenoxy) is 2.